The minimum atomic E-state index is 0.274. The van der Waals surface area contributed by atoms with Crippen molar-refractivity contribution in [3.63, 3.8) is 0 Å². The molecule has 0 heterocycles. The summed E-state index contributed by atoms with van der Waals surface area (Å²) in [5.41, 5.74) is 2.95. The Labute approximate surface area is 110 Å². The molecule has 0 amide bonds. The maximum atomic E-state index is 11.4. The molecule has 0 aromatic heterocycles. The van der Waals surface area contributed by atoms with Crippen LogP contribution in [-0.4, -0.2) is 11.8 Å². The van der Waals surface area contributed by atoms with Crippen LogP contribution in [0.1, 0.15) is 46.0 Å². The molecule has 0 spiro atoms. The average molecular weight is 245 g/mol. The number of rotatable bonds is 2. The summed E-state index contributed by atoms with van der Waals surface area (Å²) < 4.78 is 0. The lowest BCUT2D eigenvalue weighted by atomic mass is 9.46. The van der Waals surface area contributed by atoms with E-state index in [9.17, 15) is 4.79 Å². The molecule has 0 saturated heterocycles. The van der Waals surface area contributed by atoms with Crippen LogP contribution in [0.3, 0.4) is 0 Å². The zero-order valence-corrected chi connectivity index (χ0v) is 11.5. The van der Waals surface area contributed by atoms with Crippen LogP contribution in [-0.2, 0) is 4.79 Å². The third kappa shape index (κ3) is 1.73. The molecule has 4 rings (SSSR count). The number of allylic oxidation sites excluding steroid dienone is 2. The lowest BCUT2D eigenvalue weighted by Crippen LogP contribution is -2.56. The molecule has 3 fully saturated rings. The van der Waals surface area contributed by atoms with Crippen molar-refractivity contribution in [2.24, 2.45) is 17.3 Å². The number of carbonyl (C=O) groups is 1. The second-order valence-electron chi connectivity index (χ2n) is 6.80. The Morgan fingerprint density at radius 2 is 2.11 bits per heavy atom. The van der Waals surface area contributed by atoms with Crippen molar-refractivity contribution < 1.29 is 4.79 Å². The van der Waals surface area contributed by atoms with Crippen molar-refractivity contribution in [2.75, 3.05) is 0 Å². The predicted octanol–water partition coefficient (Wildman–Crippen LogP) is 3.20. The molecular weight excluding hydrogens is 222 g/mol. The molecule has 0 aromatic rings. The maximum absolute atomic E-state index is 11.4. The Kier molecular flexibility index (Phi) is 2.65. The number of carbonyl (C=O) groups excluding carboxylic acids is 1. The van der Waals surface area contributed by atoms with E-state index in [0.29, 0.717) is 17.4 Å². The van der Waals surface area contributed by atoms with Crippen molar-refractivity contribution >= 4 is 5.78 Å². The highest BCUT2D eigenvalue weighted by Gasteiger charge is 2.54. The van der Waals surface area contributed by atoms with Crippen LogP contribution in [0.2, 0.25) is 0 Å². The summed E-state index contributed by atoms with van der Waals surface area (Å²) in [5.74, 6) is 1.77. The van der Waals surface area contributed by atoms with Gasteiger partial charge in [0.05, 0.1) is 0 Å². The zero-order valence-electron chi connectivity index (χ0n) is 11.5. The van der Waals surface area contributed by atoms with Crippen LogP contribution >= 0.6 is 0 Å². The molecule has 0 radical (unpaired) electrons. The number of hydrogen-bond donors (Lipinski definition) is 1. The highest BCUT2D eigenvalue weighted by atomic mass is 16.1. The van der Waals surface area contributed by atoms with E-state index in [-0.39, 0.29) is 5.78 Å². The van der Waals surface area contributed by atoms with Gasteiger partial charge in [-0.05, 0) is 42.9 Å². The van der Waals surface area contributed by atoms with Gasteiger partial charge in [-0.15, -0.1) is 0 Å². The van der Waals surface area contributed by atoms with Crippen LogP contribution in [0.15, 0.2) is 23.9 Å². The van der Waals surface area contributed by atoms with E-state index in [1.165, 1.54) is 18.4 Å². The van der Waals surface area contributed by atoms with Gasteiger partial charge in [0.2, 0.25) is 0 Å². The van der Waals surface area contributed by atoms with Gasteiger partial charge in [0.25, 0.3) is 0 Å². The number of nitrogens with one attached hydrogen (secondary N) is 1. The largest absolute Gasteiger partial charge is 0.382 e. The molecule has 98 valence electrons. The molecule has 3 saturated carbocycles. The molecule has 2 heteroatoms. The molecule has 0 aliphatic heterocycles. The van der Waals surface area contributed by atoms with Gasteiger partial charge in [0.15, 0.2) is 5.78 Å². The van der Waals surface area contributed by atoms with Crippen LogP contribution in [0.5, 0.6) is 0 Å². The van der Waals surface area contributed by atoms with Gasteiger partial charge in [0.1, 0.15) is 0 Å². The first-order chi connectivity index (χ1) is 8.48. The molecule has 4 aliphatic rings. The van der Waals surface area contributed by atoms with E-state index < -0.39 is 0 Å². The summed E-state index contributed by atoms with van der Waals surface area (Å²) in [6, 6.07) is 0.402. The van der Waals surface area contributed by atoms with Gasteiger partial charge in [-0.1, -0.05) is 26.0 Å². The quantitative estimate of drug-likeness (QED) is 0.757. The van der Waals surface area contributed by atoms with Gasteiger partial charge in [-0.3, -0.25) is 4.79 Å². The van der Waals surface area contributed by atoms with E-state index in [1.54, 1.807) is 0 Å². The molecule has 1 N–H and O–H groups in total. The Hall–Kier alpha value is -1.05. The summed E-state index contributed by atoms with van der Waals surface area (Å²) in [4.78, 5) is 11.4. The van der Waals surface area contributed by atoms with E-state index in [1.807, 2.05) is 6.08 Å². The summed E-state index contributed by atoms with van der Waals surface area (Å²) in [7, 11) is 0. The monoisotopic (exact) mass is 245 g/mol. The van der Waals surface area contributed by atoms with Gasteiger partial charge in [-0.2, -0.15) is 0 Å². The van der Waals surface area contributed by atoms with Crippen molar-refractivity contribution in [2.45, 2.75) is 52.0 Å². The van der Waals surface area contributed by atoms with E-state index in [4.69, 9.17) is 0 Å². The fourth-order valence-corrected chi connectivity index (χ4v) is 4.00. The molecule has 3 atom stereocenters. The van der Waals surface area contributed by atoms with Gasteiger partial charge >= 0.3 is 0 Å². The van der Waals surface area contributed by atoms with Crippen molar-refractivity contribution in [3.8, 4) is 0 Å². The van der Waals surface area contributed by atoms with Gasteiger partial charge < -0.3 is 5.32 Å². The Morgan fingerprint density at radius 1 is 1.33 bits per heavy atom. The molecule has 4 aliphatic carbocycles. The second-order valence-corrected chi connectivity index (χ2v) is 6.80. The molecule has 2 nitrogen and oxygen atoms in total. The normalized spacial score (nSPS) is 37.9. The first-order valence-corrected chi connectivity index (χ1v) is 7.17. The molecular formula is C16H23NO. The van der Waals surface area contributed by atoms with E-state index >= 15 is 0 Å². The molecule has 0 unspecified atom stereocenters. The number of fused-ring (bicyclic) bond motifs is 2. The maximum Gasteiger partial charge on any atom is 0.157 e. The fraction of sp³-hybridized carbons (Fsp3) is 0.688. The Bertz CT molecular complexity index is 432. The smallest absolute Gasteiger partial charge is 0.157 e. The highest BCUT2D eigenvalue weighted by molar-refractivity contribution is 5.91. The van der Waals surface area contributed by atoms with Crippen LogP contribution < -0.4 is 5.32 Å². The first-order valence-electron chi connectivity index (χ1n) is 7.17. The van der Waals surface area contributed by atoms with Crippen molar-refractivity contribution in [1.29, 1.82) is 0 Å². The van der Waals surface area contributed by atoms with Crippen LogP contribution in [0.25, 0.3) is 0 Å². The fourth-order valence-electron chi connectivity index (χ4n) is 4.00. The standard InChI is InChI=1S/C16H23NO/c1-10-14-7-11(16(14,2)3)8-15(10)17-12-5-4-6-13(18)9-12/h9,11,14-15,17H,1,4-8H2,2-3H3/t11-,14+,15+/m0/s1. The molecule has 0 aromatic carbocycles. The SMILES string of the molecule is C=C1[C@H]2C[C@@H](C[C@H]1NC1=CC(=O)CCC1)C2(C)C. The number of ketones is 1. The highest BCUT2D eigenvalue weighted by Crippen LogP contribution is 2.60. The van der Waals surface area contributed by atoms with Crippen LogP contribution in [0, 0.1) is 17.3 Å². The topological polar surface area (TPSA) is 29.1 Å². The van der Waals surface area contributed by atoms with Gasteiger partial charge in [0, 0.05) is 24.2 Å². The summed E-state index contributed by atoms with van der Waals surface area (Å²) >= 11 is 0. The van der Waals surface area contributed by atoms with Gasteiger partial charge in [-0.25, -0.2) is 0 Å². The minimum Gasteiger partial charge on any atom is -0.382 e. The average Bonchev–Trinajstić information content (AvgIpc) is 2.31. The Balaban J connectivity index is 1.69. The third-order valence-corrected chi connectivity index (χ3v) is 5.45. The summed E-state index contributed by atoms with van der Waals surface area (Å²) in [6.07, 6.45) is 7.05. The minimum absolute atomic E-state index is 0.274. The molecule has 18 heavy (non-hydrogen) atoms. The van der Waals surface area contributed by atoms with E-state index in [0.717, 1.165) is 30.9 Å². The lowest BCUT2D eigenvalue weighted by molar-refractivity contribution is -0.115. The van der Waals surface area contributed by atoms with Crippen molar-refractivity contribution in [1.82, 2.24) is 5.32 Å². The summed E-state index contributed by atoms with van der Waals surface area (Å²) in [6.45, 7) is 9.06. The summed E-state index contributed by atoms with van der Waals surface area (Å²) in [5, 5.41) is 3.58. The second kappa shape index (κ2) is 3.97. The predicted molar refractivity (Wildman–Crippen MR) is 73.0 cm³/mol. The lowest BCUT2D eigenvalue weighted by Gasteiger charge is -2.60. The first kappa shape index (κ1) is 12.0. The zero-order chi connectivity index (χ0) is 12.9. The van der Waals surface area contributed by atoms with E-state index in [2.05, 4.69) is 25.7 Å². The van der Waals surface area contributed by atoms with Crippen LogP contribution in [0.4, 0.5) is 0 Å². The Morgan fingerprint density at radius 3 is 2.72 bits per heavy atom. The molecule has 2 bridgehead atoms. The number of hydrogen-bond acceptors (Lipinski definition) is 2. The third-order valence-electron chi connectivity index (χ3n) is 5.45. The van der Waals surface area contributed by atoms with Crippen molar-refractivity contribution in [3.05, 3.63) is 23.9 Å².